The Morgan fingerprint density at radius 2 is 1.02 bits per heavy atom. The van der Waals surface area contributed by atoms with Crippen LogP contribution in [-0.2, 0) is 5.41 Å². The first kappa shape index (κ1) is 31.2. The fourth-order valence-corrected chi connectivity index (χ4v) is 11.7. The summed E-state index contributed by atoms with van der Waals surface area (Å²) < 4.78 is 5.22. The van der Waals surface area contributed by atoms with Crippen LogP contribution in [0.3, 0.4) is 0 Å². The topological polar surface area (TPSA) is 19.0 Å². The van der Waals surface area contributed by atoms with Crippen LogP contribution in [0.25, 0.3) is 84.4 Å². The predicted molar refractivity (Wildman–Crippen MR) is 239 cm³/mol. The molecule has 3 aromatic heterocycles. The molecule has 0 saturated carbocycles. The van der Waals surface area contributed by atoms with Crippen molar-refractivity contribution >= 4 is 102 Å². The van der Waals surface area contributed by atoms with Crippen LogP contribution in [0.4, 0.5) is 17.1 Å². The van der Waals surface area contributed by atoms with Crippen LogP contribution in [0, 0.1) is 0 Å². The number of hydrogen-bond donors (Lipinski definition) is 1. The Hall–Kier alpha value is -6.20. The molecule has 0 radical (unpaired) electrons. The molecule has 0 unspecified atom stereocenters. The lowest BCUT2D eigenvalue weighted by Crippen LogP contribution is -2.14. The summed E-state index contributed by atoms with van der Waals surface area (Å²) in [5, 5.41) is 7.76. The van der Waals surface area contributed by atoms with E-state index in [0.717, 1.165) is 5.69 Å². The molecule has 4 heteroatoms. The zero-order valence-electron chi connectivity index (χ0n) is 30.4. The standard InChI is InChI=1S/C51H34N2S2/c1-51(2)41-16-6-3-11-33(41)38-28-40-39-27-31(23-26-43(39)52-44(40)29-42(38)51)30-21-24-32(25-22-30)53(45-17-9-14-36-34-12-4-7-19-47(34)54-49(36)45)46-18-10-15-37-35-13-5-8-20-48(35)55-50(37)46/h3-29,52H,1-2H3. The second-order valence-electron chi connectivity index (χ2n) is 15.4. The number of rotatable bonds is 4. The first-order valence-corrected chi connectivity index (χ1v) is 20.6. The van der Waals surface area contributed by atoms with E-state index in [1.54, 1.807) is 0 Å². The van der Waals surface area contributed by atoms with Crippen LogP contribution in [0.5, 0.6) is 0 Å². The summed E-state index contributed by atoms with van der Waals surface area (Å²) in [5.41, 5.74) is 13.8. The molecule has 0 saturated heterocycles. The first-order valence-electron chi connectivity index (χ1n) is 18.9. The number of nitrogens with one attached hydrogen (secondary N) is 1. The third-order valence-electron chi connectivity index (χ3n) is 12.0. The Kier molecular flexibility index (Phi) is 6.47. The van der Waals surface area contributed by atoms with E-state index in [1.807, 2.05) is 22.7 Å². The number of anilines is 3. The van der Waals surface area contributed by atoms with Gasteiger partial charge in [0, 0.05) is 63.9 Å². The molecule has 1 aliphatic rings. The van der Waals surface area contributed by atoms with Gasteiger partial charge < -0.3 is 9.88 Å². The molecule has 0 bridgehead atoms. The molecule has 12 rings (SSSR count). The zero-order chi connectivity index (χ0) is 36.4. The van der Waals surface area contributed by atoms with Crippen molar-refractivity contribution in [3.63, 3.8) is 0 Å². The molecule has 0 fully saturated rings. The number of H-pyrrole nitrogens is 1. The Labute approximate surface area is 326 Å². The van der Waals surface area contributed by atoms with Gasteiger partial charge >= 0.3 is 0 Å². The zero-order valence-corrected chi connectivity index (χ0v) is 32.0. The number of benzene rings is 8. The maximum atomic E-state index is 3.75. The van der Waals surface area contributed by atoms with E-state index < -0.39 is 0 Å². The van der Waals surface area contributed by atoms with Crippen molar-refractivity contribution in [2.24, 2.45) is 0 Å². The van der Waals surface area contributed by atoms with Gasteiger partial charge in [0.2, 0.25) is 0 Å². The summed E-state index contributed by atoms with van der Waals surface area (Å²) in [4.78, 5) is 6.24. The van der Waals surface area contributed by atoms with Crippen LogP contribution in [0.1, 0.15) is 25.0 Å². The van der Waals surface area contributed by atoms with Crippen LogP contribution in [-0.4, -0.2) is 4.98 Å². The van der Waals surface area contributed by atoms with Crippen LogP contribution in [0.2, 0.25) is 0 Å². The minimum Gasteiger partial charge on any atom is -0.355 e. The van der Waals surface area contributed by atoms with Gasteiger partial charge in [0.1, 0.15) is 0 Å². The van der Waals surface area contributed by atoms with Gasteiger partial charge in [-0.25, -0.2) is 0 Å². The van der Waals surface area contributed by atoms with Crippen molar-refractivity contribution in [3.8, 4) is 22.3 Å². The van der Waals surface area contributed by atoms with Gasteiger partial charge in [-0.3, -0.25) is 0 Å². The highest BCUT2D eigenvalue weighted by atomic mass is 32.1. The summed E-state index contributed by atoms with van der Waals surface area (Å²) >= 11 is 3.76. The summed E-state index contributed by atoms with van der Waals surface area (Å²) in [5.74, 6) is 0. The second kappa shape index (κ2) is 11.4. The average molecular weight is 739 g/mol. The Morgan fingerprint density at radius 1 is 0.436 bits per heavy atom. The van der Waals surface area contributed by atoms with Crippen LogP contribution < -0.4 is 4.90 Å². The van der Waals surface area contributed by atoms with E-state index in [9.17, 15) is 0 Å². The fraction of sp³-hybridized carbons (Fsp3) is 0.0588. The molecule has 0 atom stereocenters. The van der Waals surface area contributed by atoms with Crippen molar-refractivity contribution in [2.45, 2.75) is 19.3 Å². The third kappa shape index (κ3) is 4.47. The monoisotopic (exact) mass is 738 g/mol. The Morgan fingerprint density at radius 3 is 1.71 bits per heavy atom. The number of fused-ring (bicyclic) bond motifs is 12. The van der Waals surface area contributed by atoms with Gasteiger partial charge in [0.25, 0.3) is 0 Å². The van der Waals surface area contributed by atoms with Crippen molar-refractivity contribution < 1.29 is 0 Å². The molecule has 0 aliphatic heterocycles. The second-order valence-corrected chi connectivity index (χ2v) is 17.5. The number of aromatic nitrogens is 1. The predicted octanol–water partition coefficient (Wildman–Crippen LogP) is 15.5. The quantitative estimate of drug-likeness (QED) is 0.190. The number of hydrogen-bond acceptors (Lipinski definition) is 3. The van der Waals surface area contributed by atoms with Crippen LogP contribution in [0.15, 0.2) is 164 Å². The fourth-order valence-electron chi connectivity index (χ4n) is 9.30. The first-order chi connectivity index (χ1) is 27.0. The third-order valence-corrected chi connectivity index (χ3v) is 14.4. The Bertz CT molecular complexity index is 3240. The van der Waals surface area contributed by atoms with Crippen molar-refractivity contribution in [1.29, 1.82) is 0 Å². The summed E-state index contributed by atoms with van der Waals surface area (Å²) in [7, 11) is 0. The van der Waals surface area contributed by atoms with Gasteiger partial charge in [-0.15, -0.1) is 22.7 Å². The van der Waals surface area contributed by atoms with Gasteiger partial charge in [-0.1, -0.05) is 117 Å². The molecular weight excluding hydrogens is 705 g/mol. The van der Waals surface area contributed by atoms with Gasteiger partial charge in [0.05, 0.1) is 20.8 Å². The maximum Gasteiger partial charge on any atom is 0.0640 e. The highest BCUT2D eigenvalue weighted by molar-refractivity contribution is 7.27. The molecule has 8 aromatic carbocycles. The van der Waals surface area contributed by atoms with Gasteiger partial charge in [0.15, 0.2) is 0 Å². The van der Waals surface area contributed by atoms with E-state index in [0.29, 0.717) is 0 Å². The van der Waals surface area contributed by atoms with E-state index in [-0.39, 0.29) is 5.41 Å². The molecule has 1 aliphatic carbocycles. The molecule has 260 valence electrons. The number of nitrogens with zero attached hydrogens (tertiary/aromatic N) is 1. The number of aromatic amines is 1. The van der Waals surface area contributed by atoms with Gasteiger partial charge in [-0.05, 0) is 94.0 Å². The number of thiophene rings is 2. The summed E-state index contributed by atoms with van der Waals surface area (Å²) in [6.45, 7) is 4.70. The van der Waals surface area contributed by atoms with Gasteiger partial charge in [-0.2, -0.15) is 0 Å². The molecular formula is C51H34N2S2. The molecule has 2 nitrogen and oxygen atoms in total. The molecule has 0 amide bonds. The highest BCUT2D eigenvalue weighted by Crippen LogP contribution is 2.51. The molecule has 55 heavy (non-hydrogen) atoms. The molecule has 3 heterocycles. The van der Waals surface area contributed by atoms with Crippen molar-refractivity contribution in [1.82, 2.24) is 4.98 Å². The molecule has 0 spiro atoms. The SMILES string of the molecule is CC1(C)c2ccccc2-c2cc3c(cc21)[nH]c1ccc(-c2ccc(N(c4cccc5c4sc4ccccc45)c4cccc5c4sc4ccccc45)cc2)cc13. The lowest BCUT2D eigenvalue weighted by Gasteiger charge is -2.27. The average Bonchev–Trinajstić information content (AvgIpc) is 3.96. The van der Waals surface area contributed by atoms with E-state index >= 15 is 0 Å². The Balaban J connectivity index is 1.01. The lowest BCUT2D eigenvalue weighted by molar-refractivity contribution is 0.661. The van der Waals surface area contributed by atoms with E-state index in [2.05, 4.69) is 188 Å². The summed E-state index contributed by atoms with van der Waals surface area (Å²) in [6.07, 6.45) is 0. The van der Waals surface area contributed by atoms with Crippen molar-refractivity contribution in [2.75, 3.05) is 4.90 Å². The van der Waals surface area contributed by atoms with Crippen molar-refractivity contribution in [3.05, 3.63) is 175 Å². The smallest absolute Gasteiger partial charge is 0.0640 e. The van der Waals surface area contributed by atoms with E-state index in [4.69, 9.17) is 0 Å². The largest absolute Gasteiger partial charge is 0.355 e. The van der Waals surface area contributed by atoms with E-state index in [1.165, 1.54) is 107 Å². The lowest BCUT2D eigenvalue weighted by atomic mass is 9.82. The molecule has 1 N–H and O–H groups in total. The minimum absolute atomic E-state index is 0.0246. The molecule has 11 aromatic rings. The summed E-state index contributed by atoms with van der Waals surface area (Å²) in [6, 6.07) is 60.9. The maximum absolute atomic E-state index is 3.75. The highest BCUT2D eigenvalue weighted by Gasteiger charge is 2.35. The normalized spacial score (nSPS) is 13.4. The minimum atomic E-state index is -0.0246. The van der Waals surface area contributed by atoms with Crippen LogP contribution >= 0.6 is 22.7 Å².